The number of nitrogens with zero attached hydrogens (tertiary/aromatic N) is 1. The number of benzene rings is 2. The second-order valence-corrected chi connectivity index (χ2v) is 6.64. The molecule has 1 saturated heterocycles. The molecule has 2 nitrogen and oxygen atoms in total. The van der Waals surface area contributed by atoms with Crippen LogP contribution in [0.3, 0.4) is 0 Å². The zero-order valence-corrected chi connectivity index (χ0v) is 13.3. The van der Waals surface area contributed by atoms with E-state index in [-0.39, 0.29) is 0 Å². The number of rotatable bonds is 3. The summed E-state index contributed by atoms with van der Waals surface area (Å²) in [6, 6.07) is 18.4. The minimum absolute atomic E-state index is 0.451. The molecule has 114 valence electrons. The Morgan fingerprint density at radius 1 is 1.00 bits per heavy atom. The highest BCUT2D eigenvalue weighted by atomic mass is 15.2. The Hall–Kier alpha value is -1.64. The van der Waals surface area contributed by atoms with Crippen LogP contribution >= 0.6 is 0 Å². The van der Waals surface area contributed by atoms with E-state index >= 15 is 0 Å². The van der Waals surface area contributed by atoms with Crippen molar-refractivity contribution in [2.75, 3.05) is 26.7 Å². The molecule has 0 bridgehead atoms. The number of piperidine rings is 1. The van der Waals surface area contributed by atoms with Crippen molar-refractivity contribution < 1.29 is 0 Å². The second kappa shape index (κ2) is 5.86. The minimum Gasteiger partial charge on any atom is -0.319 e. The van der Waals surface area contributed by atoms with Crippen LogP contribution < -0.4 is 5.32 Å². The molecule has 1 unspecified atom stereocenters. The van der Waals surface area contributed by atoms with Gasteiger partial charge in [-0.1, -0.05) is 48.5 Å². The summed E-state index contributed by atoms with van der Waals surface area (Å²) in [5.74, 6) is 0.777. The van der Waals surface area contributed by atoms with Gasteiger partial charge in [-0.15, -0.1) is 0 Å². The van der Waals surface area contributed by atoms with E-state index in [2.05, 4.69) is 65.8 Å². The normalized spacial score (nSPS) is 21.6. The summed E-state index contributed by atoms with van der Waals surface area (Å²) in [7, 11) is 2.07. The standard InChI is InChI=1S/C20H24N2/c1-21-13-15-7-6-12-22(14-15)20-18-10-4-2-8-16(18)17-9-3-5-11-19(17)20/h2-5,8-11,15,20-21H,6-7,12-14H2,1H3. The van der Waals surface area contributed by atoms with Crippen LogP contribution in [0, 0.1) is 5.92 Å². The van der Waals surface area contributed by atoms with Gasteiger partial charge in [-0.3, -0.25) is 4.90 Å². The minimum atomic E-state index is 0.451. The molecule has 1 aliphatic carbocycles. The lowest BCUT2D eigenvalue weighted by molar-refractivity contribution is 0.143. The van der Waals surface area contributed by atoms with Crippen LogP contribution in [-0.4, -0.2) is 31.6 Å². The van der Waals surface area contributed by atoms with Gasteiger partial charge in [-0.2, -0.15) is 0 Å². The first-order valence-electron chi connectivity index (χ1n) is 8.45. The summed E-state index contributed by atoms with van der Waals surface area (Å²) in [6.07, 6.45) is 2.67. The highest BCUT2D eigenvalue weighted by Crippen LogP contribution is 2.46. The summed E-state index contributed by atoms with van der Waals surface area (Å²) in [5.41, 5.74) is 5.85. The van der Waals surface area contributed by atoms with Crippen LogP contribution in [0.4, 0.5) is 0 Å². The number of likely N-dealkylation sites (tertiary alicyclic amines) is 1. The van der Waals surface area contributed by atoms with Crippen molar-refractivity contribution in [3.8, 4) is 11.1 Å². The van der Waals surface area contributed by atoms with E-state index in [1.54, 1.807) is 0 Å². The van der Waals surface area contributed by atoms with Crippen LogP contribution in [0.5, 0.6) is 0 Å². The molecule has 2 aromatic carbocycles. The quantitative estimate of drug-likeness (QED) is 0.928. The Morgan fingerprint density at radius 2 is 1.64 bits per heavy atom. The molecule has 1 fully saturated rings. The van der Waals surface area contributed by atoms with Crippen LogP contribution in [0.2, 0.25) is 0 Å². The topological polar surface area (TPSA) is 15.3 Å². The number of hydrogen-bond acceptors (Lipinski definition) is 2. The highest BCUT2D eigenvalue weighted by molar-refractivity contribution is 5.78. The third-order valence-electron chi connectivity index (χ3n) is 5.21. The van der Waals surface area contributed by atoms with Gasteiger partial charge in [0.25, 0.3) is 0 Å². The van der Waals surface area contributed by atoms with E-state index in [0.29, 0.717) is 6.04 Å². The Kier molecular flexibility index (Phi) is 3.73. The fraction of sp³-hybridized carbons (Fsp3) is 0.400. The fourth-order valence-corrected chi connectivity index (χ4v) is 4.31. The molecule has 2 aliphatic rings. The predicted octanol–water partition coefficient (Wildman–Crippen LogP) is 3.69. The predicted molar refractivity (Wildman–Crippen MR) is 91.9 cm³/mol. The van der Waals surface area contributed by atoms with Gasteiger partial charge in [0, 0.05) is 6.54 Å². The fourth-order valence-electron chi connectivity index (χ4n) is 4.31. The molecule has 2 aromatic rings. The molecule has 0 radical (unpaired) electrons. The molecule has 1 heterocycles. The van der Waals surface area contributed by atoms with Crippen molar-refractivity contribution in [3.05, 3.63) is 59.7 Å². The largest absolute Gasteiger partial charge is 0.319 e. The summed E-state index contributed by atoms with van der Waals surface area (Å²) in [6.45, 7) is 3.55. The Balaban J connectivity index is 1.72. The van der Waals surface area contributed by atoms with Gasteiger partial charge in [0.2, 0.25) is 0 Å². The van der Waals surface area contributed by atoms with Gasteiger partial charge < -0.3 is 5.32 Å². The zero-order chi connectivity index (χ0) is 14.9. The average molecular weight is 292 g/mol. The summed E-state index contributed by atoms with van der Waals surface area (Å²) < 4.78 is 0. The Labute approximate surface area is 133 Å². The van der Waals surface area contributed by atoms with E-state index < -0.39 is 0 Å². The molecular weight excluding hydrogens is 268 g/mol. The van der Waals surface area contributed by atoms with Crippen molar-refractivity contribution >= 4 is 0 Å². The van der Waals surface area contributed by atoms with Gasteiger partial charge in [0.05, 0.1) is 6.04 Å². The SMILES string of the molecule is CNCC1CCCN(C2c3ccccc3-c3ccccc32)C1. The maximum absolute atomic E-state index is 3.36. The maximum atomic E-state index is 3.36. The zero-order valence-electron chi connectivity index (χ0n) is 13.3. The molecular formula is C20H24N2. The van der Waals surface area contributed by atoms with E-state index in [4.69, 9.17) is 0 Å². The molecule has 2 heteroatoms. The smallest absolute Gasteiger partial charge is 0.0614 e. The number of hydrogen-bond donors (Lipinski definition) is 1. The molecule has 0 amide bonds. The Bertz CT molecular complexity index is 617. The summed E-state index contributed by atoms with van der Waals surface area (Å²) in [4.78, 5) is 2.70. The van der Waals surface area contributed by atoms with Crippen molar-refractivity contribution in [2.24, 2.45) is 5.92 Å². The van der Waals surface area contributed by atoms with Crippen LogP contribution in [0.15, 0.2) is 48.5 Å². The molecule has 4 rings (SSSR count). The third-order valence-corrected chi connectivity index (χ3v) is 5.21. The lowest BCUT2D eigenvalue weighted by atomic mass is 9.94. The first-order valence-corrected chi connectivity index (χ1v) is 8.45. The van der Waals surface area contributed by atoms with Crippen LogP contribution in [0.25, 0.3) is 11.1 Å². The first-order chi connectivity index (χ1) is 10.9. The third kappa shape index (κ3) is 2.27. The van der Waals surface area contributed by atoms with Crippen molar-refractivity contribution in [3.63, 3.8) is 0 Å². The number of fused-ring (bicyclic) bond motifs is 3. The van der Waals surface area contributed by atoms with E-state index in [9.17, 15) is 0 Å². The first kappa shape index (κ1) is 14.0. The van der Waals surface area contributed by atoms with Crippen molar-refractivity contribution in [1.29, 1.82) is 0 Å². The van der Waals surface area contributed by atoms with Crippen molar-refractivity contribution in [2.45, 2.75) is 18.9 Å². The molecule has 1 aliphatic heterocycles. The van der Waals surface area contributed by atoms with E-state index in [0.717, 1.165) is 12.5 Å². The van der Waals surface area contributed by atoms with Crippen molar-refractivity contribution in [1.82, 2.24) is 10.2 Å². The number of nitrogens with one attached hydrogen (secondary N) is 1. The Morgan fingerprint density at radius 3 is 2.27 bits per heavy atom. The van der Waals surface area contributed by atoms with E-state index in [1.165, 1.54) is 48.2 Å². The molecule has 0 spiro atoms. The van der Waals surface area contributed by atoms with Crippen LogP contribution in [-0.2, 0) is 0 Å². The lowest BCUT2D eigenvalue weighted by Crippen LogP contribution is -2.41. The van der Waals surface area contributed by atoms with Gasteiger partial charge >= 0.3 is 0 Å². The summed E-state index contributed by atoms with van der Waals surface area (Å²) >= 11 is 0. The monoisotopic (exact) mass is 292 g/mol. The van der Waals surface area contributed by atoms with Crippen LogP contribution in [0.1, 0.15) is 30.0 Å². The maximum Gasteiger partial charge on any atom is 0.0614 e. The molecule has 1 atom stereocenters. The molecule has 22 heavy (non-hydrogen) atoms. The van der Waals surface area contributed by atoms with E-state index in [1.807, 2.05) is 0 Å². The lowest BCUT2D eigenvalue weighted by Gasteiger charge is -2.37. The van der Waals surface area contributed by atoms with Gasteiger partial charge in [0.15, 0.2) is 0 Å². The van der Waals surface area contributed by atoms with Gasteiger partial charge in [-0.25, -0.2) is 0 Å². The molecule has 1 N–H and O–H groups in total. The summed E-state index contributed by atoms with van der Waals surface area (Å²) in [5, 5.41) is 3.36. The molecule has 0 saturated carbocycles. The second-order valence-electron chi connectivity index (χ2n) is 6.64. The highest BCUT2D eigenvalue weighted by Gasteiger charge is 2.34. The average Bonchev–Trinajstić information content (AvgIpc) is 2.90. The molecule has 0 aromatic heterocycles. The van der Waals surface area contributed by atoms with Gasteiger partial charge in [0.1, 0.15) is 0 Å². The van der Waals surface area contributed by atoms with Gasteiger partial charge in [-0.05, 0) is 61.2 Å².